The van der Waals surface area contributed by atoms with E-state index in [1.54, 1.807) is 41.5 Å². The maximum Gasteiger partial charge on any atom is 0.311 e. The van der Waals surface area contributed by atoms with E-state index in [-0.39, 0.29) is 12.3 Å². The summed E-state index contributed by atoms with van der Waals surface area (Å²) in [5.41, 5.74) is -0.546. The zero-order valence-electron chi connectivity index (χ0n) is 12.8. The van der Waals surface area contributed by atoms with E-state index in [9.17, 15) is 14.7 Å². The van der Waals surface area contributed by atoms with Crippen molar-refractivity contribution < 1.29 is 19.2 Å². The van der Waals surface area contributed by atoms with Crippen LogP contribution in [0.3, 0.4) is 0 Å². The molecule has 0 bridgehead atoms. The highest BCUT2D eigenvalue weighted by atomic mass is 16.5. The average Bonchev–Trinajstić information content (AvgIpc) is 2.59. The summed E-state index contributed by atoms with van der Waals surface area (Å²) in [5.74, 6) is -0.605. The Labute approximate surface area is 118 Å². The number of carboxylic acid groups (broad SMARTS) is 1. The number of amides is 1. The van der Waals surface area contributed by atoms with Gasteiger partial charge in [-0.1, -0.05) is 5.16 Å². The van der Waals surface area contributed by atoms with Crippen LogP contribution < -0.4 is 5.32 Å². The Morgan fingerprint density at radius 3 is 2.20 bits per heavy atom. The molecule has 112 valence electrons. The van der Waals surface area contributed by atoms with Crippen molar-refractivity contribution in [3.63, 3.8) is 0 Å². The molecule has 1 aromatic heterocycles. The summed E-state index contributed by atoms with van der Waals surface area (Å²) < 4.78 is 5.01. The zero-order chi connectivity index (χ0) is 15.7. The van der Waals surface area contributed by atoms with Crippen LogP contribution in [0.15, 0.2) is 4.52 Å². The number of carbonyl (C=O) groups excluding carboxylic acids is 1. The summed E-state index contributed by atoms with van der Waals surface area (Å²) in [7, 11) is 0. The van der Waals surface area contributed by atoms with Gasteiger partial charge in [0.1, 0.15) is 5.76 Å². The number of nitrogens with zero attached hydrogens (tertiary/aromatic N) is 1. The minimum Gasteiger partial charge on any atom is -0.481 e. The molecule has 0 aliphatic heterocycles. The Hall–Kier alpha value is -1.85. The van der Waals surface area contributed by atoms with Gasteiger partial charge in [0.05, 0.1) is 17.5 Å². The first kappa shape index (κ1) is 16.2. The highest BCUT2D eigenvalue weighted by Gasteiger charge is 2.44. The molecule has 6 nitrogen and oxygen atoms in total. The molecule has 0 unspecified atom stereocenters. The molecule has 1 aromatic rings. The van der Waals surface area contributed by atoms with Gasteiger partial charge in [0.15, 0.2) is 0 Å². The molecular weight excluding hydrogens is 260 g/mol. The highest BCUT2D eigenvalue weighted by molar-refractivity contribution is 5.82. The third-order valence-corrected chi connectivity index (χ3v) is 4.07. The van der Waals surface area contributed by atoms with Crippen molar-refractivity contribution in [3.8, 4) is 0 Å². The molecule has 20 heavy (non-hydrogen) atoms. The SMILES string of the molecule is Cc1noc(C)c1CC(=O)NC(C)(C)C(C)(C)C(=O)O. The van der Waals surface area contributed by atoms with E-state index in [2.05, 4.69) is 10.5 Å². The number of nitrogens with one attached hydrogen (secondary N) is 1. The predicted octanol–water partition coefficient (Wildman–Crippen LogP) is 1.84. The van der Waals surface area contributed by atoms with Crippen LogP contribution in [0.25, 0.3) is 0 Å². The molecule has 2 N–H and O–H groups in total. The van der Waals surface area contributed by atoms with Gasteiger partial charge in [-0.05, 0) is 41.5 Å². The minimum absolute atomic E-state index is 0.125. The second-order valence-electron chi connectivity index (χ2n) is 6.08. The Morgan fingerprint density at radius 2 is 1.80 bits per heavy atom. The summed E-state index contributed by atoms with van der Waals surface area (Å²) in [6.07, 6.45) is 0.125. The van der Waals surface area contributed by atoms with E-state index in [0.717, 1.165) is 5.56 Å². The van der Waals surface area contributed by atoms with Gasteiger partial charge in [0.2, 0.25) is 5.91 Å². The number of carbonyl (C=O) groups is 2. The molecule has 0 aliphatic rings. The summed E-state index contributed by atoms with van der Waals surface area (Å²) in [6.45, 7) is 10.1. The molecule has 0 aromatic carbocycles. The Kier molecular flexibility index (Phi) is 4.27. The highest BCUT2D eigenvalue weighted by Crippen LogP contribution is 2.30. The normalized spacial score (nSPS) is 12.3. The van der Waals surface area contributed by atoms with Crippen molar-refractivity contribution in [2.75, 3.05) is 0 Å². The zero-order valence-corrected chi connectivity index (χ0v) is 12.8. The van der Waals surface area contributed by atoms with Gasteiger partial charge in [0, 0.05) is 11.1 Å². The summed E-state index contributed by atoms with van der Waals surface area (Å²) in [4.78, 5) is 23.4. The van der Waals surface area contributed by atoms with Gasteiger partial charge in [-0.25, -0.2) is 0 Å². The lowest BCUT2D eigenvalue weighted by molar-refractivity contribution is -0.151. The third kappa shape index (κ3) is 3.00. The lowest BCUT2D eigenvalue weighted by Crippen LogP contribution is -2.57. The molecule has 0 saturated carbocycles. The molecule has 1 rings (SSSR count). The van der Waals surface area contributed by atoms with Crippen LogP contribution in [0.5, 0.6) is 0 Å². The maximum atomic E-state index is 12.1. The van der Waals surface area contributed by atoms with Crippen molar-refractivity contribution in [3.05, 3.63) is 17.0 Å². The van der Waals surface area contributed by atoms with Crippen LogP contribution in [0.4, 0.5) is 0 Å². The lowest BCUT2D eigenvalue weighted by atomic mass is 9.74. The fraction of sp³-hybridized carbons (Fsp3) is 0.643. The van der Waals surface area contributed by atoms with Gasteiger partial charge in [-0.3, -0.25) is 9.59 Å². The van der Waals surface area contributed by atoms with Gasteiger partial charge < -0.3 is 14.9 Å². The Morgan fingerprint density at radius 1 is 1.25 bits per heavy atom. The van der Waals surface area contributed by atoms with E-state index in [1.807, 2.05) is 0 Å². The van der Waals surface area contributed by atoms with Gasteiger partial charge >= 0.3 is 5.97 Å². The number of rotatable bonds is 5. The summed E-state index contributed by atoms with van der Waals surface area (Å²) in [6, 6.07) is 0. The van der Waals surface area contributed by atoms with Crippen LogP contribution >= 0.6 is 0 Å². The summed E-state index contributed by atoms with van der Waals surface area (Å²) >= 11 is 0. The lowest BCUT2D eigenvalue weighted by Gasteiger charge is -2.38. The maximum absolute atomic E-state index is 12.1. The van der Waals surface area contributed by atoms with Crippen molar-refractivity contribution >= 4 is 11.9 Å². The molecule has 0 spiro atoms. The average molecular weight is 282 g/mol. The molecule has 1 heterocycles. The molecule has 0 fully saturated rings. The monoisotopic (exact) mass is 282 g/mol. The molecule has 0 radical (unpaired) electrons. The van der Waals surface area contributed by atoms with Gasteiger partial charge in [-0.2, -0.15) is 0 Å². The van der Waals surface area contributed by atoms with Crippen molar-refractivity contribution in [2.24, 2.45) is 5.41 Å². The number of aromatic nitrogens is 1. The van der Waals surface area contributed by atoms with E-state index in [4.69, 9.17) is 4.52 Å². The number of hydrogen-bond acceptors (Lipinski definition) is 4. The first-order chi connectivity index (χ1) is 8.99. The van der Waals surface area contributed by atoms with Crippen molar-refractivity contribution in [1.29, 1.82) is 0 Å². The molecule has 0 aliphatic carbocycles. The van der Waals surface area contributed by atoms with Crippen molar-refractivity contribution in [2.45, 2.75) is 53.5 Å². The van der Waals surface area contributed by atoms with E-state index >= 15 is 0 Å². The van der Waals surface area contributed by atoms with Crippen LogP contribution in [0.1, 0.15) is 44.7 Å². The molecule has 1 amide bonds. The first-order valence-corrected chi connectivity index (χ1v) is 6.45. The number of hydrogen-bond donors (Lipinski definition) is 2. The fourth-order valence-electron chi connectivity index (χ4n) is 1.73. The standard InChI is InChI=1S/C14H22N2O4/c1-8-10(9(2)20-16-8)7-11(17)15-14(5,6)13(3,4)12(18)19/h7H2,1-6H3,(H,15,17)(H,18,19). The molecule has 6 heteroatoms. The van der Waals surface area contributed by atoms with Crippen LogP contribution in [-0.2, 0) is 16.0 Å². The molecule has 0 saturated heterocycles. The van der Waals surface area contributed by atoms with Gasteiger partial charge in [0.25, 0.3) is 0 Å². The second-order valence-corrected chi connectivity index (χ2v) is 6.08. The molecule has 0 atom stereocenters. The van der Waals surface area contributed by atoms with Crippen LogP contribution in [0, 0.1) is 19.3 Å². The number of aliphatic carboxylic acids is 1. The van der Waals surface area contributed by atoms with Crippen LogP contribution in [0.2, 0.25) is 0 Å². The predicted molar refractivity (Wildman–Crippen MR) is 73.3 cm³/mol. The topological polar surface area (TPSA) is 92.4 Å². The Balaban J connectivity index is 2.83. The molecular formula is C14H22N2O4. The van der Waals surface area contributed by atoms with Crippen LogP contribution in [-0.4, -0.2) is 27.7 Å². The second kappa shape index (κ2) is 5.26. The largest absolute Gasteiger partial charge is 0.481 e. The van der Waals surface area contributed by atoms with E-state index in [0.29, 0.717) is 11.5 Å². The first-order valence-electron chi connectivity index (χ1n) is 6.45. The van der Waals surface area contributed by atoms with Crippen molar-refractivity contribution in [1.82, 2.24) is 10.5 Å². The minimum atomic E-state index is -1.08. The third-order valence-electron chi connectivity index (χ3n) is 4.07. The summed E-state index contributed by atoms with van der Waals surface area (Å²) in [5, 5.41) is 15.8. The quantitative estimate of drug-likeness (QED) is 0.859. The number of aryl methyl sites for hydroxylation is 2. The Bertz CT molecular complexity index is 510. The smallest absolute Gasteiger partial charge is 0.311 e. The van der Waals surface area contributed by atoms with E-state index in [1.165, 1.54) is 0 Å². The fourth-order valence-corrected chi connectivity index (χ4v) is 1.73. The van der Waals surface area contributed by atoms with Gasteiger partial charge in [-0.15, -0.1) is 0 Å². The van der Waals surface area contributed by atoms with E-state index < -0.39 is 16.9 Å². The number of carboxylic acids is 1.